The van der Waals surface area contributed by atoms with E-state index in [1.54, 1.807) is 36.5 Å². The minimum atomic E-state index is -0.405. The van der Waals surface area contributed by atoms with Gasteiger partial charge in [-0.1, -0.05) is 23.7 Å². The molecule has 31 heavy (non-hydrogen) atoms. The molecule has 1 aliphatic rings. The summed E-state index contributed by atoms with van der Waals surface area (Å²) in [6.07, 6.45) is 3.40. The van der Waals surface area contributed by atoms with E-state index in [1.165, 1.54) is 42.3 Å². The lowest BCUT2D eigenvalue weighted by atomic mass is 10.2. The van der Waals surface area contributed by atoms with Crippen molar-refractivity contribution < 1.29 is 18.7 Å². The highest BCUT2D eigenvalue weighted by atomic mass is 35.5. The molecule has 0 aliphatic carbocycles. The van der Waals surface area contributed by atoms with Gasteiger partial charge in [-0.25, -0.2) is 9.37 Å². The second-order valence-electron chi connectivity index (χ2n) is 6.23. The van der Waals surface area contributed by atoms with Gasteiger partial charge in [0.15, 0.2) is 16.7 Å². The van der Waals surface area contributed by atoms with Crippen molar-refractivity contribution in [3.8, 4) is 11.5 Å². The first-order valence-electron chi connectivity index (χ1n) is 8.95. The standard InChI is InChI=1S/C21H15ClFN3O3S2/c1-28-17-8-12(2-5-16(17)29-11-13-3-4-14(23)10-15(13)22)9-18-19(27)25-21(31-18)26-20-24-6-7-30-20/h2-10H,11H2,1H3,(H,24,25,26,27)/b18-9+. The molecule has 4 rings (SSSR count). The van der Waals surface area contributed by atoms with Gasteiger partial charge in [0.05, 0.1) is 17.0 Å². The SMILES string of the molecule is COc1cc(/C=C2/S/C(=N/c3nccs3)NC2=O)ccc1OCc1ccc(F)cc1Cl. The fraction of sp³-hybridized carbons (Fsp3) is 0.0952. The van der Waals surface area contributed by atoms with E-state index >= 15 is 0 Å². The second kappa shape index (κ2) is 9.51. The summed E-state index contributed by atoms with van der Waals surface area (Å²) < 4.78 is 24.4. The molecule has 0 spiro atoms. The number of hydrogen-bond acceptors (Lipinski definition) is 7. The van der Waals surface area contributed by atoms with E-state index in [4.69, 9.17) is 21.1 Å². The molecular weight excluding hydrogens is 461 g/mol. The first kappa shape index (κ1) is 21.4. The third-order valence-corrected chi connectivity index (χ3v) is 6.08. The van der Waals surface area contributed by atoms with Crippen LogP contribution in [0.1, 0.15) is 11.1 Å². The second-order valence-corrected chi connectivity index (χ2v) is 8.54. The average molecular weight is 476 g/mol. The number of carbonyl (C=O) groups is 1. The van der Waals surface area contributed by atoms with Gasteiger partial charge in [0.2, 0.25) is 5.13 Å². The van der Waals surface area contributed by atoms with Crippen molar-refractivity contribution in [2.75, 3.05) is 7.11 Å². The fourth-order valence-corrected chi connectivity index (χ4v) is 4.29. The summed E-state index contributed by atoms with van der Waals surface area (Å²) in [6.45, 7) is 0.157. The third-order valence-electron chi connectivity index (χ3n) is 4.15. The van der Waals surface area contributed by atoms with Crippen molar-refractivity contribution in [3.05, 3.63) is 74.8 Å². The average Bonchev–Trinajstić information content (AvgIpc) is 3.38. The Labute approximate surface area is 190 Å². The van der Waals surface area contributed by atoms with Gasteiger partial charge in [-0.2, -0.15) is 4.99 Å². The summed E-state index contributed by atoms with van der Waals surface area (Å²) in [5.41, 5.74) is 1.42. The molecule has 0 bridgehead atoms. The molecule has 1 amide bonds. The molecule has 3 aromatic rings. The number of amides is 1. The number of aromatic nitrogens is 1. The van der Waals surface area contributed by atoms with Crippen molar-refractivity contribution in [1.82, 2.24) is 10.3 Å². The first-order chi connectivity index (χ1) is 15.0. The predicted molar refractivity (Wildman–Crippen MR) is 122 cm³/mol. The molecule has 1 aliphatic heterocycles. The molecular formula is C21H15ClFN3O3S2. The molecule has 0 radical (unpaired) electrons. The van der Waals surface area contributed by atoms with Crippen molar-refractivity contribution >= 4 is 57.0 Å². The van der Waals surface area contributed by atoms with Crippen LogP contribution in [-0.4, -0.2) is 23.2 Å². The number of thiazole rings is 1. The number of aliphatic imine (C=N–C) groups is 1. The van der Waals surface area contributed by atoms with Gasteiger partial charge in [0.1, 0.15) is 12.4 Å². The highest BCUT2D eigenvalue weighted by Crippen LogP contribution is 2.33. The van der Waals surface area contributed by atoms with Crippen LogP contribution in [0.2, 0.25) is 5.02 Å². The van der Waals surface area contributed by atoms with Crippen molar-refractivity contribution in [2.24, 2.45) is 4.99 Å². The van der Waals surface area contributed by atoms with Crippen LogP contribution >= 0.6 is 34.7 Å². The van der Waals surface area contributed by atoms with E-state index in [9.17, 15) is 9.18 Å². The van der Waals surface area contributed by atoms with Crippen molar-refractivity contribution in [2.45, 2.75) is 6.61 Å². The minimum absolute atomic E-state index is 0.157. The van der Waals surface area contributed by atoms with Crippen molar-refractivity contribution in [1.29, 1.82) is 0 Å². The molecule has 2 heterocycles. The van der Waals surface area contributed by atoms with E-state index in [1.807, 2.05) is 5.38 Å². The lowest BCUT2D eigenvalue weighted by Gasteiger charge is -2.12. The summed E-state index contributed by atoms with van der Waals surface area (Å²) in [6, 6.07) is 9.45. The van der Waals surface area contributed by atoms with Gasteiger partial charge in [0, 0.05) is 17.1 Å². The number of nitrogens with one attached hydrogen (secondary N) is 1. The molecule has 0 saturated carbocycles. The van der Waals surface area contributed by atoms with E-state index in [-0.39, 0.29) is 12.5 Å². The number of ether oxygens (including phenoxy) is 2. The Morgan fingerprint density at radius 3 is 2.87 bits per heavy atom. The molecule has 6 nitrogen and oxygen atoms in total. The van der Waals surface area contributed by atoms with Crippen LogP contribution in [0.15, 0.2) is 57.9 Å². The lowest BCUT2D eigenvalue weighted by Crippen LogP contribution is -2.19. The van der Waals surface area contributed by atoms with E-state index in [2.05, 4.69) is 15.3 Å². The molecule has 0 unspecified atom stereocenters. The highest BCUT2D eigenvalue weighted by Gasteiger charge is 2.24. The number of nitrogens with zero attached hydrogens (tertiary/aromatic N) is 2. The van der Waals surface area contributed by atoms with Crippen LogP contribution in [0.5, 0.6) is 11.5 Å². The maximum Gasteiger partial charge on any atom is 0.264 e. The number of halogens is 2. The Balaban J connectivity index is 1.49. The number of hydrogen-bond donors (Lipinski definition) is 1. The van der Waals surface area contributed by atoms with Gasteiger partial charge < -0.3 is 14.8 Å². The largest absolute Gasteiger partial charge is 0.493 e. The number of benzene rings is 2. The molecule has 158 valence electrons. The van der Waals surface area contributed by atoms with Gasteiger partial charge in [-0.15, -0.1) is 11.3 Å². The molecule has 2 aromatic carbocycles. The quantitative estimate of drug-likeness (QED) is 0.482. The molecule has 1 fully saturated rings. The fourth-order valence-electron chi connectivity index (χ4n) is 2.68. The Kier molecular flexibility index (Phi) is 6.55. The van der Waals surface area contributed by atoms with Crippen LogP contribution in [0.3, 0.4) is 0 Å². The highest BCUT2D eigenvalue weighted by molar-refractivity contribution is 8.18. The van der Waals surface area contributed by atoms with E-state index in [0.717, 1.165) is 5.56 Å². The molecule has 1 saturated heterocycles. The monoisotopic (exact) mass is 475 g/mol. The zero-order chi connectivity index (χ0) is 21.8. The number of carbonyl (C=O) groups excluding carboxylic acids is 1. The topological polar surface area (TPSA) is 72.8 Å². The summed E-state index contributed by atoms with van der Waals surface area (Å²) in [5, 5.41) is 5.89. The maximum atomic E-state index is 13.2. The Morgan fingerprint density at radius 2 is 2.13 bits per heavy atom. The van der Waals surface area contributed by atoms with Crippen LogP contribution < -0.4 is 14.8 Å². The number of rotatable bonds is 6. The van der Waals surface area contributed by atoms with Gasteiger partial charge in [0.25, 0.3) is 5.91 Å². The molecule has 1 aromatic heterocycles. The Bertz CT molecular complexity index is 1180. The molecule has 0 atom stereocenters. The number of thioether (sulfide) groups is 1. The van der Waals surface area contributed by atoms with Crippen LogP contribution in [0, 0.1) is 5.82 Å². The number of methoxy groups -OCH3 is 1. The van der Waals surface area contributed by atoms with E-state index < -0.39 is 5.82 Å². The van der Waals surface area contributed by atoms with Crippen LogP contribution in [-0.2, 0) is 11.4 Å². The summed E-state index contributed by atoms with van der Waals surface area (Å²) >= 11 is 8.67. The van der Waals surface area contributed by atoms with Gasteiger partial charge >= 0.3 is 0 Å². The van der Waals surface area contributed by atoms with Crippen LogP contribution in [0.4, 0.5) is 9.52 Å². The first-order valence-corrected chi connectivity index (χ1v) is 11.0. The summed E-state index contributed by atoms with van der Waals surface area (Å²) in [4.78, 5) is 21.2. The van der Waals surface area contributed by atoms with Crippen molar-refractivity contribution in [3.63, 3.8) is 0 Å². The predicted octanol–water partition coefficient (Wildman–Crippen LogP) is 5.41. The lowest BCUT2D eigenvalue weighted by molar-refractivity contribution is -0.115. The number of amidine groups is 1. The van der Waals surface area contributed by atoms with E-state index in [0.29, 0.717) is 37.3 Å². The van der Waals surface area contributed by atoms with Gasteiger partial charge in [-0.3, -0.25) is 4.79 Å². The minimum Gasteiger partial charge on any atom is -0.493 e. The zero-order valence-electron chi connectivity index (χ0n) is 16.1. The smallest absolute Gasteiger partial charge is 0.264 e. The summed E-state index contributed by atoms with van der Waals surface area (Å²) in [7, 11) is 1.53. The van der Waals surface area contributed by atoms with Gasteiger partial charge in [-0.05, 0) is 47.7 Å². The summed E-state index contributed by atoms with van der Waals surface area (Å²) in [5.74, 6) is 0.357. The third kappa shape index (κ3) is 5.25. The Hall–Kier alpha value is -2.88. The zero-order valence-corrected chi connectivity index (χ0v) is 18.5. The normalized spacial score (nSPS) is 16.0. The van der Waals surface area contributed by atoms with Crippen LogP contribution in [0.25, 0.3) is 6.08 Å². The Morgan fingerprint density at radius 1 is 1.26 bits per heavy atom. The molecule has 10 heteroatoms. The molecule has 1 N–H and O–H groups in total. The maximum absolute atomic E-state index is 13.2.